The topological polar surface area (TPSA) is 42.2 Å². The Balaban J connectivity index is 2.11. The normalized spacial score (nSPS) is 23.6. The highest BCUT2D eigenvalue weighted by atomic mass is 16.4. The van der Waals surface area contributed by atoms with E-state index in [1.54, 1.807) is 0 Å². The van der Waals surface area contributed by atoms with E-state index in [0.29, 0.717) is 0 Å². The van der Waals surface area contributed by atoms with E-state index in [1.165, 1.54) is 16.5 Å². The highest BCUT2D eigenvalue weighted by Crippen LogP contribution is 2.49. The molecular weight excluding hydrogens is 202 g/mol. The van der Waals surface area contributed by atoms with E-state index in [4.69, 9.17) is 5.11 Å². The van der Waals surface area contributed by atoms with Gasteiger partial charge >= 0.3 is 5.97 Å². The Morgan fingerprint density at radius 1 is 1.44 bits per heavy atom. The van der Waals surface area contributed by atoms with Crippen LogP contribution in [0.3, 0.4) is 0 Å². The van der Waals surface area contributed by atoms with Crippen LogP contribution in [0, 0.1) is 5.92 Å². The summed E-state index contributed by atoms with van der Waals surface area (Å²) >= 11 is 0. The lowest BCUT2D eigenvalue weighted by Crippen LogP contribution is -2.00. The van der Waals surface area contributed by atoms with Crippen molar-refractivity contribution < 1.29 is 9.90 Å². The van der Waals surface area contributed by atoms with Crippen molar-refractivity contribution in [3.63, 3.8) is 0 Å². The van der Waals surface area contributed by atoms with Gasteiger partial charge in [-0.25, -0.2) is 0 Å². The monoisotopic (exact) mass is 215 g/mol. The predicted octanol–water partition coefficient (Wildman–Crippen LogP) is 2.37. The number of benzene rings is 1. The standard InChI is InChI=1S/C13H13NO2/c1-14-6-5-8-3-2-4-9(12(8)14)10-7-11(10)13(15)16/h2-6,10-11H,7H2,1H3,(H,15,16)/t10-,11+/m0/s1. The Labute approximate surface area is 93.3 Å². The summed E-state index contributed by atoms with van der Waals surface area (Å²) in [7, 11) is 2.00. The first-order valence-electron chi connectivity index (χ1n) is 5.45. The van der Waals surface area contributed by atoms with Crippen molar-refractivity contribution in [1.82, 2.24) is 4.57 Å². The molecule has 3 heteroatoms. The number of fused-ring (bicyclic) bond motifs is 1. The van der Waals surface area contributed by atoms with Crippen molar-refractivity contribution in [3.8, 4) is 0 Å². The molecule has 1 heterocycles. The van der Waals surface area contributed by atoms with E-state index in [2.05, 4.69) is 22.8 Å². The molecule has 0 aliphatic heterocycles. The first-order chi connectivity index (χ1) is 7.68. The average molecular weight is 215 g/mol. The maximum Gasteiger partial charge on any atom is 0.307 e. The summed E-state index contributed by atoms with van der Waals surface area (Å²) in [5, 5.41) is 10.2. The fourth-order valence-electron chi connectivity index (χ4n) is 2.50. The van der Waals surface area contributed by atoms with Crippen LogP contribution in [0.2, 0.25) is 0 Å². The molecule has 0 amide bonds. The third kappa shape index (κ3) is 1.24. The quantitative estimate of drug-likeness (QED) is 0.835. The molecule has 1 fully saturated rings. The van der Waals surface area contributed by atoms with Crippen LogP contribution in [-0.2, 0) is 11.8 Å². The van der Waals surface area contributed by atoms with Gasteiger partial charge in [0.1, 0.15) is 0 Å². The minimum absolute atomic E-state index is 0.180. The summed E-state index contributed by atoms with van der Waals surface area (Å²) in [4.78, 5) is 10.9. The highest BCUT2D eigenvalue weighted by Gasteiger charge is 2.45. The van der Waals surface area contributed by atoms with Crippen LogP contribution in [0.4, 0.5) is 0 Å². The second-order valence-electron chi connectivity index (χ2n) is 4.50. The number of carbonyl (C=O) groups is 1. The van der Waals surface area contributed by atoms with Gasteiger partial charge in [0.15, 0.2) is 0 Å². The number of aliphatic carboxylic acids is 1. The number of carboxylic acids is 1. The summed E-state index contributed by atoms with van der Waals surface area (Å²) in [6, 6.07) is 8.19. The van der Waals surface area contributed by atoms with Crippen LogP contribution < -0.4 is 0 Å². The van der Waals surface area contributed by atoms with Crippen LogP contribution in [0.15, 0.2) is 30.5 Å². The molecule has 0 saturated heterocycles. The number of hydrogen-bond acceptors (Lipinski definition) is 1. The van der Waals surface area contributed by atoms with Crippen molar-refractivity contribution in [1.29, 1.82) is 0 Å². The van der Waals surface area contributed by atoms with Gasteiger partial charge in [0.2, 0.25) is 0 Å². The van der Waals surface area contributed by atoms with Crippen LogP contribution in [0.1, 0.15) is 17.9 Å². The molecule has 0 spiro atoms. The highest BCUT2D eigenvalue weighted by molar-refractivity contribution is 5.86. The van der Waals surface area contributed by atoms with E-state index in [1.807, 2.05) is 19.3 Å². The lowest BCUT2D eigenvalue weighted by Gasteiger charge is -2.04. The number of rotatable bonds is 2. The minimum Gasteiger partial charge on any atom is -0.481 e. The fourth-order valence-corrected chi connectivity index (χ4v) is 2.50. The van der Waals surface area contributed by atoms with Gasteiger partial charge in [-0.3, -0.25) is 4.79 Å². The van der Waals surface area contributed by atoms with Crippen LogP contribution in [0.5, 0.6) is 0 Å². The number of para-hydroxylation sites is 1. The first kappa shape index (κ1) is 9.46. The maximum absolute atomic E-state index is 10.9. The van der Waals surface area contributed by atoms with Crippen molar-refractivity contribution in [2.45, 2.75) is 12.3 Å². The van der Waals surface area contributed by atoms with Gasteiger partial charge in [0, 0.05) is 19.2 Å². The second kappa shape index (κ2) is 3.11. The number of nitrogens with zero attached hydrogens (tertiary/aromatic N) is 1. The Morgan fingerprint density at radius 3 is 2.94 bits per heavy atom. The number of aromatic nitrogens is 1. The summed E-state index contributed by atoms with van der Waals surface area (Å²) in [5.74, 6) is -0.647. The van der Waals surface area contributed by atoms with Crippen molar-refractivity contribution in [2.24, 2.45) is 13.0 Å². The lowest BCUT2D eigenvalue weighted by molar-refractivity contribution is -0.138. The summed E-state index contributed by atoms with van der Waals surface area (Å²) in [6.45, 7) is 0. The summed E-state index contributed by atoms with van der Waals surface area (Å²) in [5.41, 5.74) is 2.36. The molecule has 1 N–H and O–H groups in total. The zero-order valence-corrected chi connectivity index (χ0v) is 9.05. The third-order valence-electron chi connectivity index (χ3n) is 3.44. The van der Waals surface area contributed by atoms with Gasteiger partial charge in [-0.15, -0.1) is 0 Å². The first-order valence-corrected chi connectivity index (χ1v) is 5.45. The Bertz CT molecular complexity index is 570. The largest absolute Gasteiger partial charge is 0.481 e. The Hall–Kier alpha value is -1.77. The van der Waals surface area contributed by atoms with Gasteiger partial charge in [0.25, 0.3) is 0 Å². The van der Waals surface area contributed by atoms with Crippen molar-refractivity contribution >= 4 is 16.9 Å². The van der Waals surface area contributed by atoms with Gasteiger partial charge < -0.3 is 9.67 Å². The zero-order valence-electron chi connectivity index (χ0n) is 9.05. The number of carboxylic acid groups (broad SMARTS) is 1. The van der Waals surface area contributed by atoms with Gasteiger partial charge in [-0.05, 0) is 23.4 Å². The molecule has 1 saturated carbocycles. The lowest BCUT2D eigenvalue weighted by atomic mass is 10.1. The van der Waals surface area contributed by atoms with Gasteiger partial charge in [-0.1, -0.05) is 18.2 Å². The van der Waals surface area contributed by atoms with E-state index in [0.717, 1.165) is 6.42 Å². The van der Waals surface area contributed by atoms with Crippen LogP contribution in [-0.4, -0.2) is 15.6 Å². The molecule has 2 atom stereocenters. The number of aryl methyl sites for hydroxylation is 1. The predicted molar refractivity (Wildman–Crippen MR) is 61.4 cm³/mol. The molecule has 1 aromatic heterocycles. The SMILES string of the molecule is Cn1ccc2cccc([C@@H]3C[C@H]3C(=O)O)c21. The Morgan fingerprint density at radius 2 is 2.25 bits per heavy atom. The molecule has 82 valence electrons. The molecule has 1 aliphatic carbocycles. The molecule has 3 rings (SSSR count). The van der Waals surface area contributed by atoms with Crippen molar-refractivity contribution in [2.75, 3.05) is 0 Å². The van der Waals surface area contributed by atoms with E-state index in [-0.39, 0.29) is 11.8 Å². The molecule has 3 nitrogen and oxygen atoms in total. The van der Waals surface area contributed by atoms with Crippen LogP contribution >= 0.6 is 0 Å². The van der Waals surface area contributed by atoms with E-state index in [9.17, 15) is 4.79 Å². The molecule has 1 aliphatic rings. The minimum atomic E-state index is -0.670. The summed E-state index contributed by atoms with van der Waals surface area (Å²) < 4.78 is 2.07. The molecular formula is C13H13NO2. The second-order valence-corrected chi connectivity index (χ2v) is 4.50. The van der Waals surface area contributed by atoms with Gasteiger partial charge in [0.05, 0.1) is 11.4 Å². The molecule has 0 unspecified atom stereocenters. The maximum atomic E-state index is 10.9. The zero-order chi connectivity index (χ0) is 11.3. The Kier molecular flexibility index (Phi) is 1.84. The summed E-state index contributed by atoms with van der Waals surface area (Å²) in [6.07, 6.45) is 2.80. The molecule has 2 aromatic rings. The van der Waals surface area contributed by atoms with Crippen LogP contribution in [0.25, 0.3) is 10.9 Å². The molecule has 1 aromatic carbocycles. The molecule has 16 heavy (non-hydrogen) atoms. The van der Waals surface area contributed by atoms with Crippen molar-refractivity contribution in [3.05, 3.63) is 36.0 Å². The molecule has 0 bridgehead atoms. The fraction of sp³-hybridized carbons (Fsp3) is 0.308. The average Bonchev–Trinajstić information content (AvgIpc) is 2.98. The number of hydrogen-bond donors (Lipinski definition) is 1. The van der Waals surface area contributed by atoms with E-state index >= 15 is 0 Å². The smallest absolute Gasteiger partial charge is 0.307 e. The molecule has 0 radical (unpaired) electrons. The van der Waals surface area contributed by atoms with E-state index < -0.39 is 5.97 Å². The van der Waals surface area contributed by atoms with Gasteiger partial charge in [-0.2, -0.15) is 0 Å². The third-order valence-corrected chi connectivity index (χ3v) is 3.44.